The second kappa shape index (κ2) is 4.99. The summed E-state index contributed by atoms with van der Waals surface area (Å²) >= 11 is 0. The van der Waals surface area contributed by atoms with E-state index in [9.17, 15) is 5.11 Å². The fraction of sp³-hybridized carbons (Fsp3) is 1.00. The Bertz CT molecular complexity index is 136. The average Bonchev–Trinajstić information content (AvgIpc) is 1.99. The van der Waals surface area contributed by atoms with Crippen molar-refractivity contribution < 1.29 is 5.11 Å². The van der Waals surface area contributed by atoms with Crippen molar-refractivity contribution in [3.8, 4) is 0 Å². The fourth-order valence-electron chi connectivity index (χ4n) is 1.90. The molecule has 0 aromatic carbocycles. The molecular weight excluding hydrogens is 160 g/mol. The highest BCUT2D eigenvalue weighted by Crippen LogP contribution is 2.34. The van der Waals surface area contributed by atoms with Crippen molar-refractivity contribution in [2.75, 3.05) is 0 Å². The van der Waals surface area contributed by atoms with Gasteiger partial charge in [0.15, 0.2) is 0 Å². The number of hydrogen-bond acceptors (Lipinski definition) is 1. The summed E-state index contributed by atoms with van der Waals surface area (Å²) in [5, 5.41) is 9.96. The van der Waals surface area contributed by atoms with E-state index in [1.165, 1.54) is 19.3 Å². The first-order valence-electron chi connectivity index (χ1n) is 5.55. The van der Waals surface area contributed by atoms with E-state index in [1.807, 2.05) is 6.92 Å². The van der Waals surface area contributed by atoms with Crippen molar-refractivity contribution in [1.82, 2.24) is 0 Å². The molecule has 1 nitrogen and oxygen atoms in total. The number of aliphatic hydroxyl groups is 1. The topological polar surface area (TPSA) is 20.2 Å². The first-order valence-corrected chi connectivity index (χ1v) is 5.55. The molecule has 0 aromatic rings. The lowest BCUT2D eigenvalue weighted by Crippen LogP contribution is -2.30. The van der Waals surface area contributed by atoms with Gasteiger partial charge in [-0.05, 0) is 31.6 Å². The van der Waals surface area contributed by atoms with Crippen molar-refractivity contribution >= 4 is 0 Å². The predicted octanol–water partition coefficient (Wildman–Crippen LogP) is 3.75. The molecule has 0 saturated heterocycles. The van der Waals surface area contributed by atoms with E-state index in [-0.39, 0.29) is 5.41 Å². The molecule has 1 N–H and O–H groups in total. The SMILES string of the molecule is CCCCC(C)(C)CC(C)(O)CC. The summed E-state index contributed by atoms with van der Waals surface area (Å²) in [5.74, 6) is 0. The van der Waals surface area contributed by atoms with Crippen LogP contribution in [-0.2, 0) is 0 Å². The van der Waals surface area contributed by atoms with Crippen molar-refractivity contribution in [3.63, 3.8) is 0 Å². The summed E-state index contributed by atoms with van der Waals surface area (Å²) in [6.45, 7) is 10.7. The van der Waals surface area contributed by atoms with Gasteiger partial charge in [0.25, 0.3) is 0 Å². The van der Waals surface area contributed by atoms with Gasteiger partial charge in [-0.25, -0.2) is 0 Å². The molecule has 0 amide bonds. The molecule has 80 valence electrons. The molecule has 13 heavy (non-hydrogen) atoms. The maximum atomic E-state index is 9.96. The lowest BCUT2D eigenvalue weighted by Gasteiger charge is -2.33. The molecule has 0 heterocycles. The van der Waals surface area contributed by atoms with Crippen LogP contribution in [0.15, 0.2) is 0 Å². The predicted molar refractivity (Wildman–Crippen MR) is 58.8 cm³/mol. The van der Waals surface area contributed by atoms with Gasteiger partial charge in [-0.2, -0.15) is 0 Å². The van der Waals surface area contributed by atoms with Gasteiger partial charge in [0.1, 0.15) is 0 Å². The zero-order chi connectivity index (χ0) is 10.5. The Kier molecular flexibility index (Phi) is 4.98. The highest BCUT2D eigenvalue weighted by Gasteiger charge is 2.28. The smallest absolute Gasteiger partial charge is 0.0622 e. The highest BCUT2D eigenvalue weighted by molar-refractivity contribution is 4.80. The van der Waals surface area contributed by atoms with Crippen LogP contribution < -0.4 is 0 Å². The Morgan fingerprint density at radius 2 is 1.62 bits per heavy atom. The van der Waals surface area contributed by atoms with E-state index in [1.54, 1.807) is 0 Å². The highest BCUT2D eigenvalue weighted by atomic mass is 16.3. The first-order chi connectivity index (χ1) is 5.83. The van der Waals surface area contributed by atoms with E-state index in [0.717, 1.165) is 12.8 Å². The molecule has 0 saturated carbocycles. The van der Waals surface area contributed by atoms with Crippen LogP contribution in [0.25, 0.3) is 0 Å². The van der Waals surface area contributed by atoms with E-state index in [0.29, 0.717) is 0 Å². The van der Waals surface area contributed by atoms with Gasteiger partial charge in [-0.3, -0.25) is 0 Å². The van der Waals surface area contributed by atoms with Gasteiger partial charge in [0.05, 0.1) is 5.60 Å². The van der Waals surface area contributed by atoms with Crippen molar-refractivity contribution in [1.29, 1.82) is 0 Å². The quantitative estimate of drug-likeness (QED) is 0.669. The Morgan fingerprint density at radius 3 is 2.00 bits per heavy atom. The van der Waals surface area contributed by atoms with Gasteiger partial charge >= 0.3 is 0 Å². The van der Waals surface area contributed by atoms with Crippen LogP contribution >= 0.6 is 0 Å². The third-order valence-corrected chi connectivity index (χ3v) is 2.83. The van der Waals surface area contributed by atoms with Crippen molar-refractivity contribution in [2.45, 2.75) is 72.3 Å². The summed E-state index contributed by atoms with van der Waals surface area (Å²) in [4.78, 5) is 0. The van der Waals surface area contributed by atoms with Crippen molar-refractivity contribution in [2.24, 2.45) is 5.41 Å². The number of rotatable bonds is 6. The standard InChI is InChI=1S/C12H26O/c1-6-8-9-11(3,4)10-12(5,13)7-2/h13H,6-10H2,1-5H3. The molecule has 0 bridgehead atoms. The van der Waals surface area contributed by atoms with E-state index in [2.05, 4.69) is 27.7 Å². The van der Waals surface area contributed by atoms with Gasteiger partial charge in [-0.1, -0.05) is 40.5 Å². The zero-order valence-electron chi connectivity index (χ0n) is 9.98. The lowest BCUT2D eigenvalue weighted by atomic mass is 9.77. The number of unbranched alkanes of at least 4 members (excludes halogenated alkanes) is 1. The second-order valence-corrected chi connectivity index (χ2v) is 5.30. The normalized spacial score (nSPS) is 17.1. The van der Waals surface area contributed by atoms with Crippen molar-refractivity contribution in [3.05, 3.63) is 0 Å². The molecule has 0 aliphatic rings. The van der Waals surface area contributed by atoms with Crippen LogP contribution in [0.5, 0.6) is 0 Å². The van der Waals surface area contributed by atoms with Crippen LogP contribution in [0.4, 0.5) is 0 Å². The van der Waals surface area contributed by atoms with Crippen LogP contribution in [0, 0.1) is 5.41 Å². The van der Waals surface area contributed by atoms with E-state index in [4.69, 9.17) is 0 Å². The molecule has 0 aliphatic carbocycles. The molecule has 0 aromatic heterocycles. The average molecular weight is 186 g/mol. The minimum Gasteiger partial charge on any atom is -0.390 e. The minimum absolute atomic E-state index is 0.287. The third-order valence-electron chi connectivity index (χ3n) is 2.83. The van der Waals surface area contributed by atoms with Crippen LogP contribution in [-0.4, -0.2) is 10.7 Å². The minimum atomic E-state index is -0.475. The van der Waals surface area contributed by atoms with E-state index < -0.39 is 5.60 Å². The first kappa shape index (κ1) is 13.0. The summed E-state index contributed by atoms with van der Waals surface area (Å²) in [6, 6.07) is 0. The second-order valence-electron chi connectivity index (χ2n) is 5.30. The lowest BCUT2D eigenvalue weighted by molar-refractivity contribution is 0.00844. The molecule has 0 radical (unpaired) electrons. The Morgan fingerprint density at radius 1 is 1.08 bits per heavy atom. The van der Waals surface area contributed by atoms with Crippen LogP contribution in [0.3, 0.4) is 0 Å². The van der Waals surface area contributed by atoms with Gasteiger partial charge < -0.3 is 5.11 Å². The number of hydrogen-bond donors (Lipinski definition) is 1. The Hall–Kier alpha value is -0.0400. The maximum Gasteiger partial charge on any atom is 0.0622 e. The van der Waals surface area contributed by atoms with Gasteiger partial charge in [0.2, 0.25) is 0 Å². The molecule has 0 fully saturated rings. The van der Waals surface area contributed by atoms with Gasteiger partial charge in [-0.15, -0.1) is 0 Å². The maximum absolute atomic E-state index is 9.96. The molecular formula is C12H26O. The molecule has 1 heteroatoms. The molecule has 0 rings (SSSR count). The molecule has 1 unspecified atom stereocenters. The fourth-order valence-corrected chi connectivity index (χ4v) is 1.90. The van der Waals surface area contributed by atoms with Gasteiger partial charge in [0, 0.05) is 0 Å². The van der Waals surface area contributed by atoms with Crippen LogP contribution in [0.2, 0.25) is 0 Å². The monoisotopic (exact) mass is 186 g/mol. The summed E-state index contributed by atoms with van der Waals surface area (Å²) in [7, 11) is 0. The largest absolute Gasteiger partial charge is 0.390 e. The zero-order valence-corrected chi connectivity index (χ0v) is 9.98. The Labute approximate surface area is 83.5 Å². The molecule has 0 spiro atoms. The van der Waals surface area contributed by atoms with E-state index >= 15 is 0 Å². The Balaban J connectivity index is 4.00. The summed E-state index contributed by atoms with van der Waals surface area (Å²) in [5.41, 5.74) is -0.188. The molecule has 0 aliphatic heterocycles. The third kappa shape index (κ3) is 6.09. The summed E-state index contributed by atoms with van der Waals surface area (Å²) < 4.78 is 0. The van der Waals surface area contributed by atoms with Crippen LogP contribution in [0.1, 0.15) is 66.7 Å². The summed E-state index contributed by atoms with van der Waals surface area (Å²) in [6.07, 6.45) is 5.50. The molecule has 1 atom stereocenters.